The molecular weight excluding hydrogens is 178 g/mol. The molecule has 1 aromatic rings. The zero-order valence-electron chi connectivity index (χ0n) is 8.08. The minimum absolute atomic E-state index is 0.0550. The van der Waals surface area contributed by atoms with E-state index in [4.69, 9.17) is 5.73 Å². The summed E-state index contributed by atoms with van der Waals surface area (Å²) in [4.78, 5) is 13.1. The van der Waals surface area contributed by atoms with Gasteiger partial charge in [-0.15, -0.1) is 0 Å². The average Bonchev–Trinajstić information content (AvgIpc) is 2.62. The third-order valence-corrected chi connectivity index (χ3v) is 2.52. The summed E-state index contributed by atoms with van der Waals surface area (Å²) in [5.74, 6) is 0. The molecule has 0 bridgehead atoms. The van der Waals surface area contributed by atoms with Gasteiger partial charge in [-0.1, -0.05) is 12.1 Å². The maximum Gasteiger partial charge on any atom is 0.317 e. The molecule has 74 valence electrons. The summed E-state index contributed by atoms with van der Waals surface area (Å²) in [7, 11) is 1.63. The lowest BCUT2D eigenvalue weighted by Crippen LogP contribution is -2.33. The van der Waals surface area contributed by atoms with Gasteiger partial charge in [0.25, 0.3) is 0 Å². The quantitative estimate of drug-likeness (QED) is 0.599. The molecule has 4 nitrogen and oxygen atoms in total. The lowest BCUT2D eigenvalue weighted by atomic mass is 10.1. The van der Waals surface area contributed by atoms with Crippen LogP contribution in [0.25, 0.3) is 0 Å². The molecular formula is C10H13N3O. The Morgan fingerprint density at radius 1 is 1.50 bits per heavy atom. The summed E-state index contributed by atoms with van der Waals surface area (Å²) >= 11 is 0. The number of anilines is 1. The van der Waals surface area contributed by atoms with E-state index in [9.17, 15) is 4.79 Å². The first kappa shape index (κ1) is 8.87. The van der Waals surface area contributed by atoms with Gasteiger partial charge in [-0.25, -0.2) is 4.79 Å². The highest BCUT2D eigenvalue weighted by Crippen LogP contribution is 2.27. The van der Waals surface area contributed by atoms with Crippen molar-refractivity contribution in [3.05, 3.63) is 29.3 Å². The van der Waals surface area contributed by atoms with E-state index in [1.165, 1.54) is 0 Å². The number of nitrogens with zero attached hydrogens (tertiary/aromatic N) is 1. The highest BCUT2D eigenvalue weighted by Gasteiger charge is 2.23. The number of rotatable bonds is 0. The van der Waals surface area contributed by atoms with Crippen LogP contribution in [0.15, 0.2) is 18.2 Å². The van der Waals surface area contributed by atoms with Gasteiger partial charge >= 0.3 is 6.03 Å². The second-order valence-electron chi connectivity index (χ2n) is 3.40. The molecule has 14 heavy (non-hydrogen) atoms. The average molecular weight is 191 g/mol. The summed E-state index contributed by atoms with van der Waals surface area (Å²) in [6.45, 7) is 1.27. The van der Waals surface area contributed by atoms with Crippen LogP contribution in [0.5, 0.6) is 0 Å². The number of benzene rings is 1. The van der Waals surface area contributed by atoms with E-state index in [1.54, 1.807) is 11.9 Å². The second kappa shape index (κ2) is 3.21. The fourth-order valence-electron chi connectivity index (χ4n) is 1.75. The number of urea groups is 1. The lowest BCUT2D eigenvalue weighted by molar-refractivity contribution is 0.201. The van der Waals surface area contributed by atoms with Gasteiger partial charge in [0.05, 0.1) is 6.54 Å². The van der Waals surface area contributed by atoms with Crippen LogP contribution in [0.3, 0.4) is 0 Å². The third kappa shape index (κ3) is 1.28. The van der Waals surface area contributed by atoms with Crippen LogP contribution in [0.2, 0.25) is 0 Å². The lowest BCUT2D eigenvalue weighted by Gasteiger charge is -2.13. The molecule has 0 saturated carbocycles. The first-order valence-electron chi connectivity index (χ1n) is 4.55. The Kier molecular flexibility index (Phi) is 2.04. The maximum atomic E-state index is 11.4. The molecule has 1 aliphatic rings. The number of nitrogens with one attached hydrogen (secondary N) is 1. The van der Waals surface area contributed by atoms with Gasteiger partial charge in [0, 0.05) is 19.3 Å². The predicted molar refractivity (Wildman–Crippen MR) is 54.6 cm³/mol. The smallest absolute Gasteiger partial charge is 0.317 e. The number of fused-ring (bicyclic) bond motifs is 1. The summed E-state index contributed by atoms with van der Waals surface area (Å²) in [6, 6.07) is 5.74. The van der Waals surface area contributed by atoms with Crippen LogP contribution in [-0.4, -0.2) is 18.0 Å². The van der Waals surface area contributed by atoms with Crippen molar-refractivity contribution < 1.29 is 4.79 Å². The van der Waals surface area contributed by atoms with Gasteiger partial charge in [0.2, 0.25) is 0 Å². The van der Waals surface area contributed by atoms with Crippen LogP contribution in [0, 0.1) is 0 Å². The van der Waals surface area contributed by atoms with Crippen molar-refractivity contribution >= 4 is 11.7 Å². The molecule has 0 spiro atoms. The standard InChI is InChI=1S/C10H13N3O/c1-12-10(14)13-5-7-3-2-4-9(11)8(7)6-13/h2-4H,5-6,11H2,1H3,(H,12,14). The van der Waals surface area contributed by atoms with E-state index in [0.717, 1.165) is 16.8 Å². The van der Waals surface area contributed by atoms with Gasteiger partial charge in [-0.3, -0.25) is 0 Å². The number of carbonyl (C=O) groups excluding carboxylic acids is 1. The molecule has 0 fully saturated rings. The second-order valence-corrected chi connectivity index (χ2v) is 3.40. The Morgan fingerprint density at radius 2 is 2.29 bits per heavy atom. The van der Waals surface area contributed by atoms with E-state index in [1.807, 2.05) is 18.2 Å². The Bertz CT molecular complexity index is 376. The largest absolute Gasteiger partial charge is 0.398 e. The number of nitrogen functional groups attached to an aromatic ring is 1. The first-order valence-corrected chi connectivity index (χ1v) is 4.55. The van der Waals surface area contributed by atoms with Crippen LogP contribution in [0.4, 0.5) is 10.5 Å². The molecule has 0 aromatic heterocycles. The minimum Gasteiger partial charge on any atom is -0.398 e. The molecule has 0 saturated heterocycles. The fraction of sp³-hybridized carbons (Fsp3) is 0.300. The number of carbonyl (C=O) groups is 1. The topological polar surface area (TPSA) is 58.4 Å². The number of amides is 2. The van der Waals surface area contributed by atoms with Crippen molar-refractivity contribution in [2.45, 2.75) is 13.1 Å². The van der Waals surface area contributed by atoms with Crippen molar-refractivity contribution in [2.24, 2.45) is 0 Å². The summed E-state index contributed by atoms with van der Waals surface area (Å²) in [5.41, 5.74) is 8.82. The SMILES string of the molecule is CNC(=O)N1Cc2cccc(N)c2C1. The summed E-state index contributed by atoms with van der Waals surface area (Å²) in [5, 5.41) is 2.61. The van der Waals surface area contributed by atoms with Crippen molar-refractivity contribution in [3.63, 3.8) is 0 Å². The van der Waals surface area contributed by atoms with Crippen LogP contribution in [-0.2, 0) is 13.1 Å². The molecule has 1 aliphatic heterocycles. The number of hydrogen-bond donors (Lipinski definition) is 2. The number of hydrogen-bond acceptors (Lipinski definition) is 2. The third-order valence-electron chi connectivity index (χ3n) is 2.52. The fourth-order valence-corrected chi connectivity index (χ4v) is 1.75. The van der Waals surface area contributed by atoms with Gasteiger partial charge in [-0.05, 0) is 17.2 Å². The molecule has 2 amide bonds. The van der Waals surface area contributed by atoms with Gasteiger partial charge < -0.3 is 16.0 Å². The molecule has 0 atom stereocenters. The first-order chi connectivity index (χ1) is 6.72. The molecule has 0 radical (unpaired) electrons. The van der Waals surface area contributed by atoms with Gasteiger partial charge in [-0.2, -0.15) is 0 Å². The molecule has 3 N–H and O–H groups in total. The molecule has 4 heteroatoms. The van der Waals surface area contributed by atoms with Crippen molar-refractivity contribution in [3.8, 4) is 0 Å². The molecule has 2 rings (SSSR count). The van der Waals surface area contributed by atoms with Crippen LogP contribution >= 0.6 is 0 Å². The van der Waals surface area contributed by atoms with Crippen molar-refractivity contribution in [1.29, 1.82) is 0 Å². The van der Waals surface area contributed by atoms with E-state index < -0.39 is 0 Å². The number of nitrogens with two attached hydrogens (primary N) is 1. The Balaban J connectivity index is 2.26. The van der Waals surface area contributed by atoms with Crippen molar-refractivity contribution in [1.82, 2.24) is 10.2 Å². The Morgan fingerprint density at radius 3 is 2.93 bits per heavy atom. The van der Waals surface area contributed by atoms with E-state index in [-0.39, 0.29) is 6.03 Å². The normalized spacial score (nSPS) is 13.9. The zero-order chi connectivity index (χ0) is 10.1. The van der Waals surface area contributed by atoms with E-state index in [0.29, 0.717) is 13.1 Å². The Hall–Kier alpha value is -1.71. The predicted octanol–water partition coefficient (Wildman–Crippen LogP) is 0.924. The zero-order valence-corrected chi connectivity index (χ0v) is 8.08. The van der Waals surface area contributed by atoms with E-state index in [2.05, 4.69) is 5.32 Å². The Labute approximate surface area is 82.7 Å². The van der Waals surface area contributed by atoms with Crippen molar-refractivity contribution in [2.75, 3.05) is 12.8 Å². The highest BCUT2D eigenvalue weighted by molar-refractivity contribution is 5.75. The van der Waals surface area contributed by atoms with Gasteiger partial charge in [0.1, 0.15) is 0 Å². The van der Waals surface area contributed by atoms with Crippen LogP contribution < -0.4 is 11.1 Å². The monoisotopic (exact) mass is 191 g/mol. The molecule has 1 heterocycles. The maximum absolute atomic E-state index is 11.4. The van der Waals surface area contributed by atoms with Gasteiger partial charge in [0.15, 0.2) is 0 Å². The molecule has 0 unspecified atom stereocenters. The minimum atomic E-state index is -0.0550. The summed E-state index contributed by atoms with van der Waals surface area (Å²) < 4.78 is 0. The van der Waals surface area contributed by atoms with Crippen LogP contribution in [0.1, 0.15) is 11.1 Å². The highest BCUT2D eigenvalue weighted by atomic mass is 16.2. The summed E-state index contributed by atoms with van der Waals surface area (Å²) in [6.07, 6.45) is 0. The van der Waals surface area contributed by atoms with E-state index >= 15 is 0 Å². The molecule has 0 aliphatic carbocycles. The molecule has 1 aromatic carbocycles.